The first kappa shape index (κ1) is 12.7. The third-order valence-electron chi connectivity index (χ3n) is 2.60. The number of carbonyl (C=O) groups excluding carboxylic acids is 2. The van der Waals surface area contributed by atoms with Crippen molar-refractivity contribution in [3.05, 3.63) is 11.8 Å². The lowest BCUT2D eigenvalue weighted by molar-refractivity contribution is -0.141. The molecule has 0 radical (unpaired) electrons. The topological polar surface area (TPSA) is 52.6 Å². The van der Waals surface area contributed by atoms with Gasteiger partial charge in [-0.1, -0.05) is 6.42 Å². The summed E-state index contributed by atoms with van der Waals surface area (Å²) in [6, 6.07) is 0. The smallest absolute Gasteiger partial charge is 0.344 e. The van der Waals surface area contributed by atoms with Crippen molar-refractivity contribution < 1.29 is 19.1 Å². The number of rotatable bonds is 6. The van der Waals surface area contributed by atoms with Gasteiger partial charge in [0.05, 0.1) is 13.2 Å². The molecule has 0 heterocycles. The average Bonchev–Trinajstić information content (AvgIpc) is 2.16. The second kappa shape index (κ2) is 6.30. The molecule has 0 spiro atoms. The quantitative estimate of drug-likeness (QED) is 0.228. The molecule has 0 atom stereocenters. The van der Waals surface area contributed by atoms with Crippen LogP contribution in [0.3, 0.4) is 0 Å². The molecule has 1 rings (SSSR count). The monoisotopic (exact) mass is 226 g/mol. The van der Waals surface area contributed by atoms with Crippen molar-refractivity contribution in [2.75, 3.05) is 13.2 Å². The summed E-state index contributed by atoms with van der Waals surface area (Å²) in [5.74, 6) is -0.734. The summed E-state index contributed by atoms with van der Waals surface area (Å²) in [6.45, 7) is 4.21. The first-order valence-corrected chi connectivity index (χ1v) is 5.73. The van der Waals surface area contributed by atoms with Crippen LogP contribution in [0.1, 0.15) is 33.1 Å². The molecule has 16 heavy (non-hydrogen) atoms. The lowest BCUT2D eigenvalue weighted by Crippen LogP contribution is -2.27. The summed E-state index contributed by atoms with van der Waals surface area (Å²) in [6.07, 6.45) is 4.02. The number of esters is 1. The fourth-order valence-electron chi connectivity index (χ4n) is 1.47. The fraction of sp³-hybridized carbons (Fsp3) is 0.667. The van der Waals surface area contributed by atoms with E-state index in [1.807, 2.05) is 0 Å². The zero-order valence-electron chi connectivity index (χ0n) is 9.82. The molecule has 0 bridgehead atoms. The maximum atomic E-state index is 11.9. The van der Waals surface area contributed by atoms with E-state index < -0.39 is 5.97 Å². The Labute approximate surface area is 95.6 Å². The van der Waals surface area contributed by atoms with Crippen LogP contribution in [0.25, 0.3) is 0 Å². The molecule has 1 aliphatic rings. The zero-order valence-corrected chi connectivity index (χ0v) is 9.82. The van der Waals surface area contributed by atoms with Gasteiger partial charge < -0.3 is 9.47 Å². The first-order chi connectivity index (χ1) is 7.70. The molecule has 0 unspecified atom stereocenters. The Kier molecular flexibility index (Phi) is 5.02. The molecule has 0 aromatic rings. The number of ketones is 1. The number of hydrogen-bond donors (Lipinski definition) is 0. The van der Waals surface area contributed by atoms with Gasteiger partial charge in [-0.15, -0.1) is 0 Å². The Bertz CT molecular complexity index is 289. The van der Waals surface area contributed by atoms with Crippen molar-refractivity contribution in [3.8, 4) is 0 Å². The number of hydrogen-bond acceptors (Lipinski definition) is 4. The molecule has 0 N–H and O–H groups in total. The van der Waals surface area contributed by atoms with Gasteiger partial charge in [-0.25, -0.2) is 4.79 Å². The van der Waals surface area contributed by atoms with E-state index in [9.17, 15) is 9.59 Å². The summed E-state index contributed by atoms with van der Waals surface area (Å²) in [5, 5.41) is 0. The van der Waals surface area contributed by atoms with Crippen LogP contribution in [0.2, 0.25) is 0 Å². The molecule has 0 saturated heterocycles. The number of ether oxygens (including phenoxy) is 2. The highest BCUT2D eigenvalue weighted by molar-refractivity contribution is 6.18. The fourth-order valence-corrected chi connectivity index (χ4v) is 1.47. The molecule has 90 valence electrons. The van der Waals surface area contributed by atoms with Gasteiger partial charge in [0.2, 0.25) is 0 Å². The van der Waals surface area contributed by atoms with Gasteiger partial charge in [0.1, 0.15) is 11.8 Å². The van der Waals surface area contributed by atoms with Crippen LogP contribution in [0, 0.1) is 5.92 Å². The predicted molar refractivity (Wildman–Crippen MR) is 58.7 cm³/mol. The second-order valence-corrected chi connectivity index (χ2v) is 3.70. The lowest BCUT2D eigenvalue weighted by Gasteiger charge is -2.24. The molecule has 0 aromatic heterocycles. The van der Waals surface area contributed by atoms with E-state index in [0.717, 1.165) is 19.3 Å². The molecule has 0 aliphatic heterocycles. The third-order valence-corrected chi connectivity index (χ3v) is 2.60. The highest BCUT2D eigenvalue weighted by Gasteiger charge is 2.31. The van der Waals surface area contributed by atoms with Crippen LogP contribution < -0.4 is 0 Å². The Hall–Kier alpha value is -1.32. The van der Waals surface area contributed by atoms with Gasteiger partial charge in [0, 0.05) is 5.92 Å². The highest BCUT2D eigenvalue weighted by Crippen LogP contribution is 2.29. The molecule has 1 fully saturated rings. The summed E-state index contributed by atoms with van der Waals surface area (Å²) in [5.41, 5.74) is 0.0494. The van der Waals surface area contributed by atoms with Crippen LogP contribution in [0.5, 0.6) is 0 Å². The first-order valence-electron chi connectivity index (χ1n) is 5.73. The molecular formula is C12H18O4. The van der Waals surface area contributed by atoms with Gasteiger partial charge in [0.15, 0.2) is 5.78 Å². The minimum absolute atomic E-state index is 0.0175. The third kappa shape index (κ3) is 3.08. The van der Waals surface area contributed by atoms with Crippen LogP contribution in [-0.4, -0.2) is 25.0 Å². The van der Waals surface area contributed by atoms with Gasteiger partial charge in [-0.2, -0.15) is 0 Å². The van der Waals surface area contributed by atoms with Gasteiger partial charge in [0.25, 0.3) is 0 Å². The van der Waals surface area contributed by atoms with Crippen molar-refractivity contribution in [1.82, 2.24) is 0 Å². The van der Waals surface area contributed by atoms with E-state index in [-0.39, 0.29) is 23.9 Å². The van der Waals surface area contributed by atoms with Crippen molar-refractivity contribution in [2.24, 2.45) is 5.92 Å². The largest absolute Gasteiger partial charge is 0.500 e. The van der Waals surface area contributed by atoms with E-state index in [4.69, 9.17) is 9.47 Å². The Morgan fingerprint density at radius 3 is 2.38 bits per heavy atom. The van der Waals surface area contributed by atoms with Crippen LogP contribution in [-0.2, 0) is 19.1 Å². The predicted octanol–water partition coefficient (Wildman–Crippen LogP) is 1.84. The molecule has 4 heteroatoms. The van der Waals surface area contributed by atoms with Crippen molar-refractivity contribution in [2.45, 2.75) is 33.1 Å². The van der Waals surface area contributed by atoms with E-state index in [2.05, 4.69) is 0 Å². The highest BCUT2D eigenvalue weighted by atomic mass is 16.5. The normalized spacial score (nSPS) is 16.5. The lowest BCUT2D eigenvalue weighted by atomic mass is 9.80. The molecule has 4 nitrogen and oxygen atoms in total. The maximum absolute atomic E-state index is 11.9. The SMILES string of the molecule is CCOC=C(C(=O)OCC)C(=O)C1CCC1. The molecule has 0 aromatic carbocycles. The summed E-state index contributed by atoms with van der Waals surface area (Å²) in [4.78, 5) is 23.4. The van der Waals surface area contributed by atoms with Crippen molar-refractivity contribution >= 4 is 11.8 Å². The maximum Gasteiger partial charge on any atom is 0.344 e. The molecular weight excluding hydrogens is 208 g/mol. The van der Waals surface area contributed by atoms with Crippen LogP contribution >= 0.6 is 0 Å². The van der Waals surface area contributed by atoms with E-state index in [1.165, 1.54) is 6.26 Å². The minimum atomic E-state index is -0.576. The summed E-state index contributed by atoms with van der Waals surface area (Å²) >= 11 is 0. The number of Topliss-reactive ketones (excluding diaryl/α,β-unsaturated/α-hetero) is 1. The Morgan fingerprint density at radius 1 is 1.25 bits per heavy atom. The van der Waals surface area contributed by atoms with E-state index in [1.54, 1.807) is 13.8 Å². The van der Waals surface area contributed by atoms with Crippen molar-refractivity contribution in [1.29, 1.82) is 0 Å². The summed E-state index contributed by atoms with van der Waals surface area (Å²) in [7, 11) is 0. The standard InChI is InChI=1S/C12H18O4/c1-3-15-8-10(12(14)16-4-2)11(13)9-6-5-7-9/h8-9H,3-7H2,1-2H3. The van der Waals surface area contributed by atoms with Crippen molar-refractivity contribution in [3.63, 3.8) is 0 Å². The van der Waals surface area contributed by atoms with E-state index >= 15 is 0 Å². The summed E-state index contributed by atoms with van der Waals surface area (Å²) < 4.78 is 9.85. The molecule has 0 amide bonds. The molecule has 1 saturated carbocycles. The Morgan fingerprint density at radius 2 is 1.94 bits per heavy atom. The second-order valence-electron chi connectivity index (χ2n) is 3.70. The zero-order chi connectivity index (χ0) is 12.0. The van der Waals surface area contributed by atoms with Crippen LogP contribution in [0.4, 0.5) is 0 Å². The average molecular weight is 226 g/mol. The van der Waals surface area contributed by atoms with Crippen LogP contribution in [0.15, 0.2) is 11.8 Å². The van der Waals surface area contributed by atoms with E-state index in [0.29, 0.717) is 6.61 Å². The van der Waals surface area contributed by atoms with Gasteiger partial charge in [-0.3, -0.25) is 4.79 Å². The van der Waals surface area contributed by atoms with Gasteiger partial charge in [-0.05, 0) is 26.7 Å². The molecule has 1 aliphatic carbocycles. The Balaban J connectivity index is 2.69. The van der Waals surface area contributed by atoms with Gasteiger partial charge >= 0.3 is 5.97 Å². The number of carbonyl (C=O) groups is 2. The minimum Gasteiger partial charge on any atom is -0.500 e.